The van der Waals surface area contributed by atoms with Crippen LogP contribution in [0, 0.1) is 5.92 Å². The van der Waals surface area contributed by atoms with Crippen LogP contribution in [0.5, 0.6) is 5.75 Å². The van der Waals surface area contributed by atoms with Crippen molar-refractivity contribution in [2.75, 3.05) is 7.11 Å². The molecule has 1 amide bonds. The van der Waals surface area contributed by atoms with E-state index in [1.54, 1.807) is 7.11 Å². The molecule has 23 heavy (non-hydrogen) atoms. The van der Waals surface area contributed by atoms with Gasteiger partial charge in [-0.3, -0.25) is 4.79 Å². The first kappa shape index (κ1) is 15.8. The van der Waals surface area contributed by atoms with E-state index in [4.69, 9.17) is 4.74 Å². The molecule has 124 valence electrons. The van der Waals surface area contributed by atoms with E-state index >= 15 is 0 Å². The number of carboxylic acids is 1. The van der Waals surface area contributed by atoms with Crippen molar-refractivity contribution in [3.63, 3.8) is 0 Å². The van der Waals surface area contributed by atoms with Gasteiger partial charge in [-0.15, -0.1) is 0 Å². The first-order valence-corrected chi connectivity index (χ1v) is 8.25. The predicted octanol–water partition coefficient (Wildman–Crippen LogP) is 2.70. The average Bonchev–Trinajstić information content (AvgIpc) is 3.36. The molecule has 5 nitrogen and oxygen atoms in total. The van der Waals surface area contributed by atoms with Crippen molar-refractivity contribution in [3.8, 4) is 5.75 Å². The van der Waals surface area contributed by atoms with E-state index < -0.39 is 11.5 Å². The van der Waals surface area contributed by atoms with Crippen molar-refractivity contribution in [1.29, 1.82) is 0 Å². The summed E-state index contributed by atoms with van der Waals surface area (Å²) in [6.07, 6.45) is 4.60. The second kappa shape index (κ2) is 6.22. The number of methoxy groups -OCH3 is 1. The zero-order valence-electron chi connectivity index (χ0n) is 13.4. The summed E-state index contributed by atoms with van der Waals surface area (Å²) in [5.41, 5.74) is 0.0224. The van der Waals surface area contributed by atoms with Gasteiger partial charge in [0.25, 0.3) is 0 Å². The van der Waals surface area contributed by atoms with Gasteiger partial charge in [0.15, 0.2) is 0 Å². The van der Waals surface area contributed by atoms with Crippen molar-refractivity contribution in [2.45, 2.75) is 50.0 Å². The van der Waals surface area contributed by atoms with Crippen molar-refractivity contribution in [3.05, 3.63) is 29.8 Å². The van der Waals surface area contributed by atoms with E-state index in [0.29, 0.717) is 12.8 Å². The molecule has 0 radical (unpaired) electrons. The second-order valence-electron chi connectivity index (χ2n) is 6.66. The molecule has 1 aromatic rings. The Labute approximate surface area is 136 Å². The van der Waals surface area contributed by atoms with Crippen LogP contribution in [0.3, 0.4) is 0 Å². The Balaban J connectivity index is 1.66. The number of rotatable bonds is 5. The maximum atomic E-state index is 12.5. The molecule has 1 aromatic carbocycles. The fourth-order valence-corrected chi connectivity index (χ4v) is 3.60. The Kier molecular flexibility index (Phi) is 4.28. The predicted molar refractivity (Wildman–Crippen MR) is 85.4 cm³/mol. The number of aliphatic carboxylic acids is 1. The molecule has 0 aromatic heterocycles. The molecule has 0 bridgehead atoms. The number of hydrogen-bond donors (Lipinski definition) is 2. The smallest absolute Gasteiger partial charge is 0.329 e. The van der Waals surface area contributed by atoms with Gasteiger partial charge in [-0.1, -0.05) is 31.4 Å². The minimum absolute atomic E-state index is 0.123. The summed E-state index contributed by atoms with van der Waals surface area (Å²) in [7, 11) is 1.62. The number of carbonyl (C=O) groups is 2. The molecule has 0 spiro atoms. The molecule has 2 saturated carbocycles. The number of ether oxygens (including phenoxy) is 1. The van der Waals surface area contributed by atoms with Gasteiger partial charge in [0.05, 0.1) is 7.11 Å². The number of nitrogens with one attached hydrogen (secondary N) is 1. The van der Waals surface area contributed by atoms with Crippen LogP contribution in [0.4, 0.5) is 0 Å². The number of benzene rings is 1. The SMILES string of the molecule is COc1cccc(C2CC2C(=O)NC2(C(=O)O)CCCCC2)c1. The summed E-state index contributed by atoms with van der Waals surface area (Å²) in [4.78, 5) is 24.2. The molecule has 2 unspecified atom stereocenters. The summed E-state index contributed by atoms with van der Waals surface area (Å²) in [5.74, 6) is -0.200. The third-order valence-electron chi connectivity index (χ3n) is 5.13. The lowest BCUT2D eigenvalue weighted by Gasteiger charge is -2.34. The molecule has 3 rings (SSSR count). The van der Waals surface area contributed by atoms with Crippen molar-refractivity contribution >= 4 is 11.9 Å². The zero-order chi connectivity index (χ0) is 16.4. The van der Waals surface area contributed by atoms with Crippen LogP contribution < -0.4 is 10.1 Å². The largest absolute Gasteiger partial charge is 0.497 e. The van der Waals surface area contributed by atoms with Crippen LogP contribution in [0.25, 0.3) is 0 Å². The van der Waals surface area contributed by atoms with E-state index in [2.05, 4.69) is 5.32 Å². The third-order valence-corrected chi connectivity index (χ3v) is 5.13. The van der Waals surface area contributed by atoms with Gasteiger partial charge in [-0.05, 0) is 42.9 Å². The van der Waals surface area contributed by atoms with Gasteiger partial charge in [0.2, 0.25) is 5.91 Å². The van der Waals surface area contributed by atoms with Gasteiger partial charge < -0.3 is 15.2 Å². The van der Waals surface area contributed by atoms with Gasteiger partial charge in [-0.25, -0.2) is 4.79 Å². The Morgan fingerprint density at radius 1 is 1.26 bits per heavy atom. The molecule has 2 fully saturated rings. The quantitative estimate of drug-likeness (QED) is 0.875. The molecular weight excluding hydrogens is 294 g/mol. The van der Waals surface area contributed by atoms with E-state index in [9.17, 15) is 14.7 Å². The summed E-state index contributed by atoms with van der Waals surface area (Å²) in [5, 5.41) is 12.4. The number of amides is 1. The first-order chi connectivity index (χ1) is 11.1. The zero-order valence-corrected chi connectivity index (χ0v) is 13.4. The second-order valence-corrected chi connectivity index (χ2v) is 6.66. The summed E-state index contributed by atoms with van der Waals surface area (Å²) >= 11 is 0. The average molecular weight is 317 g/mol. The van der Waals surface area contributed by atoms with Crippen LogP contribution in [0.15, 0.2) is 24.3 Å². The Hall–Kier alpha value is -2.04. The van der Waals surface area contributed by atoms with Crippen LogP contribution >= 0.6 is 0 Å². The normalized spacial score (nSPS) is 25.4. The highest BCUT2D eigenvalue weighted by Crippen LogP contribution is 2.48. The Bertz CT molecular complexity index is 607. The summed E-state index contributed by atoms with van der Waals surface area (Å²) in [6.45, 7) is 0. The number of hydrogen-bond acceptors (Lipinski definition) is 3. The van der Waals surface area contributed by atoms with Crippen LogP contribution in [-0.4, -0.2) is 29.6 Å². The Morgan fingerprint density at radius 2 is 2.00 bits per heavy atom. The fourth-order valence-electron chi connectivity index (χ4n) is 3.60. The van der Waals surface area contributed by atoms with Gasteiger partial charge in [-0.2, -0.15) is 0 Å². The number of carbonyl (C=O) groups excluding carboxylic acids is 1. The highest BCUT2D eigenvalue weighted by molar-refractivity contribution is 5.90. The molecule has 2 aliphatic rings. The molecule has 2 N–H and O–H groups in total. The third kappa shape index (κ3) is 3.19. The Morgan fingerprint density at radius 3 is 2.65 bits per heavy atom. The van der Waals surface area contributed by atoms with Crippen LogP contribution in [0.1, 0.15) is 50.0 Å². The van der Waals surface area contributed by atoms with Crippen LogP contribution in [-0.2, 0) is 9.59 Å². The van der Waals surface area contributed by atoms with Crippen molar-refractivity contribution in [2.24, 2.45) is 5.92 Å². The molecule has 5 heteroatoms. The van der Waals surface area contributed by atoms with E-state index in [-0.39, 0.29) is 17.7 Å². The molecular formula is C18H23NO4. The number of carboxylic acid groups (broad SMARTS) is 1. The molecule has 0 saturated heterocycles. The van der Waals surface area contributed by atoms with Gasteiger partial charge in [0, 0.05) is 5.92 Å². The fraction of sp³-hybridized carbons (Fsp3) is 0.556. The van der Waals surface area contributed by atoms with Gasteiger partial charge in [0.1, 0.15) is 11.3 Å². The van der Waals surface area contributed by atoms with E-state index in [1.165, 1.54) is 0 Å². The summed E-state index contributed by atoms with van der Waals surface area (Å²) in [6, 6.07) is 7.74. The van der Waals surface area contributed by atoms with Crippen LogP contribution in [0.2, 0.25) is 0 Å². The van der Waals surface area contributed by atoms with Crippen molar-refractivity contribution < 1.29 is 19.4 Å². The lowest BCUT2D eigenvalue weighted by Crippen LogP contribution is -2.56. The maximum absolute atomic E-state index is 12.5. The monoisotopic (exact) mass is 317 g/mol. The molecule has 0 heterocycles. The molecule has 2 aliphatic carbocycles. The maximum Gasteiger partial charge on any atom is 0.329 e. The molecule has 2 atom stereocenters. The molecule has 0 aliphatic heterocycles. The highest BCUT2D eigenvalue weighted by atomic mass is 16.5. The first-order valence-electron chi connectivity index (χ1n) is 8.25. The lowest BCUT2D eigenvalue weighted by molar-refractivity contribution is -0.149. The van der Waals surface area contributed by atoms with Gasteiger partial charge >= 0.3 is 5.97 Å². The van der Waals surface area contributed by atoms with E-state index in [0.717, 1.165) is 37.0 Å². The topological polar surface area (TPSA) is 75.6 Å². The highest BCUT2D eigenvalue weighted by Gasteiger charge is 2.48. The van der Waals surface area contributed by atoms with Crippen molar-refractivity contribution in [1.82, 2.24) is 5.32 Å². The minimum Gasteiger partial charge on any atom is -0.497 e. The lowest BCUT2D eigenvalue weighted by atomic mass is 9.81. The summed E-state index contributed by atoms with van der Waals surface area (Å²) < 4.78 is 5.22. The standard InChI is InChI=1S/C18H23NO4/c1-23-13-7-5-6-12(10-13)14-11-15(14)16(20)19-18(17(21)22)8-3-2-4-9-18/h5-7,10,14-15H,2-4,8-9,11H2,1H3,(H,19,20)(H,21,22). The minimum atomic E-state index is -1.06. The van der Waals surface area contributed by atoms with E-state index in [1.807, 2.05) is 24.3 Å².